The average molecular weight is 476 g/mol. The summed E-state index contributed by atoms with van der Waals surface area (Å²) >= 11 is 0. The van der Waals surface area contributed by atoms with Gasteiger partial charge in [-0.1, -0.05) is 12.1 Å². The number of rotatable bonds is 8. The number of nitrogens with two attached hydrogens (primary N) is 1. The molecule has 1 saturated heterocycles. The van der Waals surface area contributed by atoms with Gasteiger partial charge < -0.3 is 20.5 Å². The van der Waals surface area contributed by atoms with Crippen molar-refractivity contribution in [3.05, 3.63) is 29.8 Å². The first-order chi connectivity index (χ1) is 12.1. The van der Waals surface area contributed by atoms with Crippen molar-refractivity contribution >= 4 is 29.9 Å². The van der Waals surface area contributed by atoms with Gasteiger partial charge >= 0.3 is 0 Å². The van der Waals surface area contributed by atoms with Gasteiger partial charge in [-0.25, -0.2) is 0 Å². The third-order valence-electron chi connectivity index (χ3n) is 4.60. The summed E-state index contributed by atoms with van der Waals surface area (Å²) in [5.74, 6) is 2.04. The number of hydrogen-bond donors (Lipinski definition) is 2. The van der Waals surface area contributed by atoms with E-state index < -0.39 is 0 Å². The molecule has 1 aliphatic rings. The molecule has 26 heavy (non-hydrogen) atoms. The molecule has 0 amide bonds. The van der Waals surface area contributed by atoms with E-state index in [1.807, 2.05) is 19.1 Å². The first-order valence-corrected chi connectivity index (χ1v) is 9.01. The molecule has 7 heteroatoms. The van der Waals surface area contributed by atoms with Gasteiger partial charge in [-0.3, -0.25) is 9.89 Å². The van der Waals surface area contributed by atoms with Gasteiger partial charge in [0.05, 0.1) is 13.7 Å². The minimum absolute atomic E-state index is 0. The maximum Gasteiger partial charge on any atom is 0.188 e. The van der Waals surface area contributed by atoms with Crippen molar-refractivity contribution in [3.63, 3.8) is 0 Å². The molecule has 1 aliphatic heterocycles. The van der Waals surface area contributed by atoms with Crippen molar-refractivity contribution in [2.75, 3.05) is 40.5 Å². The molecule has 0 spiro atoms. The Kier molecular flexibility index (Phi) is 10.9. The topological polar surface area (TPSA) is 72.1 Å². The van der Waals surface area contributed by atoms with Gasteiger partial charge in [0.25, 0.3) is 0 Å². The molecule has 6 nitrogen and oxygen atoms in total. The molecule has 0 radical (unpaired) electrons. The van der Waals surface area contributed by atoms with Crippen molar-refractivity contribution in [2.45, 2.75) is 32.4 Å². The quantitative estimate of drug-likeness (QED) is 0.343. The predicted octanol–water partition coefficient (Wildman–Crippen LogP) is 2.46. The Balaban J connectivity index is 0.00000338. The Hall–Kier alpha value is -1.06. The predicted molar refractivity (Wildman–Crippen MR) is 117 cm³/mol. The SMILES string of the molecule is COCC(C)NC(N)=NCC1CCN(Cc2ccc(OC)cc2)CC1.I. The van der Waals surface area contributed by atoms with Crippen LogP contribution in [0.2, 0.25) is 0 Å². The lowest BCUT2D eigenvalue weighted by Crippen LogP contribution is -2.41. The fourth-order valence-electron chi connectivity index (χ4n) is 3.13. The number of likely N-dealkylation sites (tertiary alicyclic amines) is 1. The van der Waals surface area contributed by atoms with Gasteiger partial charge in [0.2, 0.25) is 0 Å². The van der Waals surface area contributed by atoms with Crippen LogP contribution in [0.4, 0.5) is 0 Å². The van der Waals surface area contributed by atoms with Gasteiger partial charge in [-0.15, -0.1) is 24.0 Å². The first kappa shape index (κ1) is 23.0. The second kappa shape index (κ2) is 12.3. The number of benzene rings is 1. The van der Waals surface area contributed by atoms with Crippen molar-refractivity contribution in [1.82, 2.24) is 10.2 Å². The highest BCUT2D eigenvalue weighted by molar-refractivity contribution is 14.0. The molecular weight excluding hydrogens is 443 g/mol. The monoisotopic (exact) mass is 476 g/mol. The van der Waals surface area contributed by atoms with Crippen LogP contribution in [0.1, 0.15) is 25.3 Å². The standard InChI is InChI=1S/C19H32N4O2.HI/c1-15(14-24-2)22-19(20)21-12-16-8-10-23(11-9-16)13-17-4-6-18(25-3)7-5-17;/h4-7,15-16H,8-14H2,1-3H3,(H3,20,21,22);1H. The fraction of sp³-hybridized carbons (Fsp3) is 0.632. The van der Waals surface area contributed by atoms with Crippen molar-refractivity contribution < 1.29 is 9.47 Å². The molecule has 0 bridgehead atoms. The number of nitrogens with zero attached hydrogens (tertiary/aromatic N) is 2. The fourth-order valence-corrected chi connectivity index (χ4v) is 3.13. The molecule has 0 saturated carbocycles. The summed E-state index contributed by atoms with van der Waals surface area (Å²) in [5.41, 5.74) is 7.27. The Morgan fingerprint density at radius 3 is 2.50 bits per heavy atom. The van der Waals surface area contributed by atoms with E-state index in [4.69, 9.17) is 15.2 Å². The molecule has 1 aromatic rings. The number of piperidine rings is 1. The Bertz CT molecular complexity index is 531. The van der Waals surface area contributed by atoms with Crippen LogP contribution < -0.4 is 15.8 Å². The molecule has 1 unspecified atom stereocenters. The van der Waals surface area contributed by atoms with E-state index in [2.05, 4.69) is 27.3 Å². The summed E-state index contributed by atoms with van der Waals surface area (Å²) in [7, 11) is 3.38. The van der Waals surface area contributed by atoms with E-state index in [-0.39, 0.29) is 30.0 Å². The molecule has 2 rings (SSSR count). The van der Waals surface area contributed by atoms with Crippen molar-refractivity contribution in [1.29, 1.82) is 0 Å². The number of guanidine groups is 1. The minimum Gasteiger partial charge on any atom is -0.497 e. The lowest BCUT2D eigenvalue weighted by molar-refractivity contribution is 0.178. The normalized spacial score (nSPS) is 17.4. The smallest absolute Gasteiger partial charge is 0.188 e. The van der Waals surface area contributed by atoms with E-state index in [0.29, 0.717) is 18.5 Å². The zero-order valence-electron chi connectivity index (χ0n) is 16.1. The van der Waals surface area contributed by atoms with Crippen molar-refractivity contribution in [2.24, 2.45) is 16.6 Å². The number of hydrogen-bond acceptors (Lipinski definition) is 4. The van der Waals surface area contributed by atoms with E-state index in [1.54, 1.807) is 14.2 Å². The zero-order valence-corrected chi connectivity index (χ0v) is 18.4. The number of aliphatic imine (C=N–C) groups is 1. The summed E-state index contributed by atoms with van der Waals surface area (Å²) in [6, 6.07) is 8.51. The summed E-state index contributed by atoms with van der Waals surface area (Å²) in [6.45, 7) is 6.68. The number of ether oxygens (including phenoxy) is 2. The highest BCUT2D eigenvalue weighted by Crippen LogP contribution is 2.20. The van der Waals surface area contributed by atoms with Gasteiger partial charge in [-0.05, 0) is 56.5 Å². The van der Waals surface area contributed by atoms with Crippen LogP contribution in [0.5, 0.6) is 5.75 Å². The van der Waals surface area contributed by atoms with Crippen LogP contribution >= 0.6 is 24.0 Å². The molecule has 1 heterocycles. The maximum absolute atomic E-state index is 5.94. The second-order valence-electron chi connectivity index (χ2n) is 6.79. The molecule has 148 valence electrons. The van der Waals surface area contributed by atoms with Gasteiger partial charge in [0.1, 0.15) is 5.75 Å². The molecule has 1 aromatic carbocycles. The van der Waals surface area contributed by atoms with Crippen LogP contribution in [-0.2, 0) is 11.3 Å². The van der Waals surface area contributed by atoms with Crippen LogP contribution in [0, 0.1) is 5.92 Å². The third kappa shape index (κ3) is 8.09. The highest BCUT2D eigenvalue weighted by atomic mass is 127. The third-order valence-corrected chi connectivity index (χ3v) is 4.60. The van der Waals surface area contributed by atoms with E-state index >= 15 is 0 Å². The van der Waals surface area contributed by atoms with Crippen LogP contribution in [0.15, 0.2) is 29.3 Å². The summed E-state index contributed by atoms with van der Waals surface area (Å²) < 4.78 is 10.3. The van der Waals surface area contributed by atoms with Crippen LogP contribution in [0.25, 0.3) is 0 Å². The van der Waals surface area contributed by atoms with E-state index in [1.165, 1.54) is 18.4 Å². The van der Waals surface area contributed by atoms with Crippen LogP contribution in [-0.4, -0.2) is 57.4 Å². The molecule has 1 fully saturated rings. The molecule has 0 aromatic heterocycles. The average Bonchev–Trinajstić information content (AvgIpc) is 2.62. The number of halogens is 1. The number of nitrogens with one attached hydrogen (secondary N) is 1. The summed E-state index contributed by atoms with van der Waals surface area (Å²) in [4.78, 5) is 7.00. The highest BCUT2D eigenvalue weighted by Gasteiger charge is 2.19. The van der Waals surface area contributed by atoms with E-state index in [9.17, 15) is 0 Å². The minimum atomic E-state index is 0. The molecular formula is C19H33IN4O2. The lowest BCUT2D eigenvalue weighted by atomic mass is 9.96. The summed E-state index contributed by atoms with van der Waals surface area (Å²) in [5, 5.41) is 3.15. The Morgan fingerprint density at radius 1 is 1.27 bits per heavy atom. The van der Waals surface area contributed by atoms with E-state index in [0.717, 1.165) is 31.9 Å². The van der Waals surface area contributed by atoms with Gasteiger partial charge in [0.15, 0.2) is 5.96 Å². The zero-order chi connectivity index (χ0) is 18.1. The molecule has 1 atom stereocenters. The first-order valence-electron chi connectivity index (χ1n) is 9.01. The largest absolute Gasteiger partial charge is 0.497 e. The second-order valence-corrected chi connectivity index (χ2v) is 6.79. The lowest BCUT2D eigenvalue weighted by Gasteiger charge is -2.31. The maximum atomic E-state index is 5.94. The van der Waals surface area contributed by atoms with Crippen molar-refractivity contribution in [3.8, 4) is 5.75 Å². The Labute approximate surface area is 174 Å². The molecule has 3 N–H and O–H groups in total. The molecule has 0 aliphatic carbocycles. The van der Waals surface area contributed by atoms with Gasteiger partial charge in [-0.2, -0.15) is 0 Å². The van der Waals surface area contributed by atoms with Gasteiger partial charge in [0, 0.05) is 26.2 Å². The number of methoxy groups -OCH3 is 2. The Morgan fingerprint density at radius 2 is 1.92 bits per heavy atom. The van der Waals surface area contributed by atoms with Crippen LogP contribution in [0.3, 0.4) is 0 Å². The summed E-state index contributed by atoms with van der Waals surface area (Å²) in [6.07, 6.45) is 2.33.